The van der Waals surface area contributed by atoms with E-state index in [1.54, 1.807) is 23.2 Å². The molecule has 4 heterocycles. The molecule has 0 radical (unpaired) electrons. The zero-order valence-electron chi connectivity index (χ0n) is 22.2. The number of hydrogen-bond donors (Lipinski definition) is 1. The molecule has 38 heavy (non-hydrogen) atoms. The Hall–Kier alpha value is -3.36. The Kier molecular flexibility index (Phi) is 8.00. The third-order valence-electron chi connectivity index (χ3n) is 7.36. The molecule has 0 atom stereocenters. The van der Waals surface area contributed by atoms with E-state index in [2.05, 4.69) is 32.2 Å². The highest BCUT2D eigenvalue weighted by Crippen LogP contribution is 2.31. The summed E-state index contributed by atoms with van der Waals surface area (Å²) in [4.78, 5) is 33.9. The minimum atomic E-state index is -0.128. The lowest BCUT2D eigenvalue weighted by molar-refractivity contribution is 0.211. The highest BCUT2D eigenvalue weighted by atomic mass is 35.5. The van der Waals surface area contributed by atoms with E-state index < -0.39 is 0 Å². The maximum atomic E-state index is 13.5. The van der Waals surface area contributed by atoms with Gasteiger partial charge in [0.15, 0.2) is 0 Å². The second kappa shape index (κ2) is 11.6. The van der Waals surface area contributed by atoms with Gasteiger partial charge in [0, 0.05) is 52.6 Å². The number of aryl methyl sites for hydroxylation is 2. The average Bonchev–Trinajstić information content (AvgIpc) is 2.92. The molecule has 0 aliphatic carbocycles. The Labute approximate surface area is 228 Å². The predicted molar refractivity (Wildman–Crippen MR) is 154 cm³/mol. The Morgan fingerprint density at radius 2 is 1.89 bits per heavy atom. The molecule has 8 nitrogen and oxygen atoms in total. The first-order chi connectivity index (χ1) is 18.4. The molecule has 1 N–H and O–H groups in total. The minimum Gasteiger partial charge on any atom is -0.354 e. The van der Waals surface area contributed by atoms with Gasteiger partial charge in [0.25, 0.3) is 5.56 Å². The van der Waals surface area contributed by atoms with Crippen molar-refractivity contribution < 1.29 is 0 Å². The molecule has 0 bridgehead atoms. The van der Waals surface area contributed by atoms with Crippen molar-refractivity contribution in [3.05, 3.63) is 63.9 Å². The van der Waals surface area contributed by atoms with Gasteiger partial charge in [-0.15, -0.1) is 0 Å². The van der Waals surface area contributed by atoms with E-state index in [0.717, 1.165) is 41.2 Å². The molecule has 198 valence electrons. The summed E-state index contributed by atoms with van der Waals surface area (Å²) in [6.07, 6.45) is 10.0. The van der Waals surface area contributed by atoms with Gasteiger partial charge in [-0.05, 0) is 77.7 Å². The number of halogens is 1. The van der Waals surface area contributed by atoms with E-state index in [1.807, 2.05) is 38.1 Å². The average molecular weight is 532 g/mol. The van der Waals surface area contributed by atoms with Crippen molar-refractivity contribution in [3.8, 4) is 22.4 Å². The summed E-state index contributed by atoms with van der Waals surface area (Å²) in [5.41, 5.74) is 4.10. The normalized spacial score (nSPS) is 14.7. The summed E-state index contributed by atoms with van der Waals surface area (Å²) in [7, 11) is 2.19. The highest BCUT2D eigenvalue weighted by molar-refractivity contribution is 6.33. The SMILES string of the molecule is CCn1c(=O)c(-c2ccc(-c3cncc(C)n3)cc2Cl)cc2cnc(NCCCC3CCN(C)CC3)nc21. The first-order valence-electron chi connectivity index (χ1n) is 13.3. The molecule has 4 aromatic rings. The highest BCUT2D eigenvalue weighted by Gasteiger charge is 2.17. The third kappa shape index (κ3) is 5.71. The molecule has 1 aliphatic rings. The Bertz CT molecular complexity index is 1490. The van der Waals surface area contributed by atoms with Crippen LogP contribution in [0.4, 0.5) is 5.95 Å². The predicted octanol–water partition coefficient (Wildman–Crippen LogP) is 5.43. The molecule has 1 aromatic carbocycles. The lowest BCUT2D eigenvalue weighted by atomic mass is 9.92. The number of nitrogens with one attached hydrogen (secondary N) is 1. The lowest BCUT2D eigenvalue weighted by Gasteiger charge is -2.28. The molecule has 0 amide bonds. The number of benzene rings is 1. The first-order valence-corrected chi connectivity index (χ1v) is 13.7. The van der Waals surface area contributed by atoms with Gasteiger partial charge in [0.05, 0.1) is 17.6 Å². The molecule has 1 saturated heterocycles. The van der Waals surface area contributed by atoms with Gasteiger partial charge in [-0.3, -0.25) is 14.3 Å². The van der Waals surface area contributed by atoms with Crippen LogP contribution in [0.5, 0.6) is 0 Å². The number of fused-ring (bicyclic) bond motifs is 1. The monoisotopic (exact) mass is 531 g/mol. The molecule has 0 unspecified atom stereocenters. The van der Waals surface area contributed by atoms with Gasteiger partial charge in [0.2, 0.25) is 5.95 Å². The number of pyridine rings is 1. The third-order valence-corrected chi connectivity index (χ3v) is 7.68. The van der Waals surface area contributed by atoms with Crippen molar-refractivity contribution in [3.63, 3.8) is 0 Å². The zero-order chi connectivity index (χ0) is 26.6. The van der Waals surface area contributed by atoms with Gasteiger partial charge in [-0.1, -0.05) is 23.7 Å². The van der Waals surface area contributed by atoms with E-state index in [4.69, 9.17) is 16.6 Å². The summed E-state index contributed by atoms with van der Waals surface area (Å²) in [6, 6.07) is 7.45. The van der Waals surface area contributed by atoms with Crippen LogP contribution >= 0.6 is 11.6 Å². The van der Waals surface area contributed by atoms with Crippen LogP contribution in [-0.2, 0) is 6.54 Å². The second-order valence-corrected chi connectivity index (χ2v) is 10.5. The number of rotatable bonds is 8. The molecule has 0 spiro atoms. The molecular weight excluding hydrogens is 498 g/mol. The number of aromatic nitrogens is 5. The second-order valence-electron chi connectivity index (χ2n) is 10.1. The van der Waals surface area contributed by atoms with Crippen LogP contribution in [0.3, 0.4) is 0 Å². The van der Waals surface area contributed by atoms with Gasteiger partial charge < -0.3 is 10.2 Å². The Balaban J connectivity index is 1.36. The van der Waals surface area contributed by atoms with Crippen LogP contribution in [0.15, 0.2) is 47.7 Å². The van der Waals surface area contributed by atoms with Crippen LogP contribution < -0.4 is 10.9 Å². The standard InChI is InChI=1S/C29H34ClN7O/c1-4-37-27-22(17-33-29(35-27)32-11-5-6-20-9-12-36(3)13-10-20)14-24(28(37)38)23-8-7-21(15-25(23)30)26-18-31-16-19(2)34-26/h7-8,14-18,20H,4-6,9-13H2,1-3H3,(H,32,33,35). The summed E-state index contributed by atoms with van der Waals surface area (Å²) in [5, 5.41) is 4.63. The zero-order valence-corrected chi connectivity index (χ0v) is 23.0. The molecule has 9 heteroatoms. The number of likely N-dealkylation sites (tertiary alicyclic amines) is 1. The van der Waals surface area contributed by atoms with Gasteiger partial charge in [-0.25, -0.2) is 9.97 Å². The van der Waals surface area contributed by atoms with Gasteiger partial charge in [-0.2, -0.15) is 4.98 Å². The molecule has 1 aliphatic heterocycles. The van der Waals surface area contributed by atoms with Gasteiger partial charge in [0.1, 0.15) is 5.65 Å². The number of piperidine rings is 1. The maximum Gasteiger partial charge on any atom is 0.260 e. The Morgan fingerprint density at radius 3 is 2.63 bits per heavy atom. The molecular formula is C29H34ClN7O. The molecule has 0 saturated carbocycles. The lowest BCUT2D eigenvalue weighted by Crippen LogP contribution is -2.30. The van der Waals surface area contributed by atoms with Crippen molar-refractivity contribution in [2.24, 2.45) is 5.92 Å². The van der Waals surface area contributed by atoms with E-state index in [0.29, 0.717) is 34.3 Å². The number of nitrogens with zero attached hydrogens (tertiary/aromatic N) is 6. The smallest absolute Gasteiger partial charge is 0.260 e. The van der Waals surface area contributed by atoms with E-state index in [-0.39, 0.29) is 5.56 Å². The summed E-state index contributed by atoms with van der Waals surface area (Å²) >= 11 is 6.69. The summed E-state index contributed by atoms with van der Waals surface area (Å²) < 4.78 is 1.69. The van der Waals surface area contributed by atoms with E-state index in [1.165, 1.54) is 32.4 Å². The van der Waals surface area contributed by atoms with Crippen molar-refractivity contribution in [2.75, 3.05) is 32.0 Å². The summed E-state index contributed by atoms with van der Waals surface area (Å²) in [6.45, 7) is 7.54. The molecule has 3 aromatic heterocycles. The molecule has 5 rings (SSSR count). The van der Waals surface area contributed by atoms with Crippen LogP contribution in [0.1, 0.15) is 38.3 Å². The van der Waals surface area contributed by atoms with Crippen molar-refractivity contribution in [2.45, 2.75) is 46.1 Å². The van der Waals surface area contributed by atoms with Crippen molar-refractivity contribution in [1.82, 2.24) is 29.4 Å². The number of anilines is 1. The van der Waals surface area contributed by atoms with Crippen LogP contribution in [-0.4, -0.2) is 56.1 Å². The number of hydrogen-bond acceptors (Lipinski definition) is 7. The minimum absolute atomic E-state index is 0.128. The maximum absolute atomic E-state index is 13.5. The van der Waals surface area contributed by atoms with Gasteiger partial charge >= 0.3 is 0 Å². The quantitative estimate of drug-likeness (QED) is 0.303. The Morgan fingerprint density at radius 1 is 1.08 bits per heavy atom. The van der Waals surface area contributed by atoms with Crippen molar-refractivity contribution in [1.29, 1.82) is 0 Å². The fraction of sp³-hybridized carbons (Fsp3) is 0.414. The fourth-order valence-electron chi connectivity index (χ4n) is 5.17. The van der Waals surface area contributed by atoms with Crippen LogP contribution in [0.25, 0.3) is 33.4 Å². The van der Waals surface area contributed by atoms with Crippen molar-refractivity contribution >= 4 is 28.6 Å². The first kappa shape index (κ1) is 26.3. The summed E-state index contributed by atoms with van der Waals surface area (Å²) in [5.74, 6) is 1.36. The van der Waals surface area contributed by atoms with E-state index >= 15 is 0 Å². The molecule has 1 fully saturated rings. The topological polar surface area (TPSA) is 88.8 Å². The largest absolute Gasteiger partial charge is 0.354 e. The van der Waals surface area contributed by atoms with Crippen LogP contribution in [0, 0.1) is 12.8 Å². The van der Waals surface area contributed by atoms with E-state index in [9.17, 15) is 4.79 Å². The van der Waals surface area contributed by atoms with Crippen LogP contribution in [0.2, 0.25) is 5.02 Å². The fourth-order valence-corrected chi connectivity index (χ4v) is 5.45.